The summed E-state index contributed by atoms with van der Waals surface area (Å²) >= 11 is 0. The van der Waals surface area contributed by atoms with Gasteiger partial charge in [0.2, 0.25) is 0 Å². The molecule has 6 heteroatoms. The first-order chi connectivity index (χ1) is 27.6. The number of nitrogens with zero attached hydrogens (tertiary/aromatic N) is 6. The summed E-state index contributed by atoms with van der Waals surface area (Å²) in [4.78, 5) is 24.7. The number of benzene rings is 6. The van der Waals surface area contributed by atoms with Crippen LogP contribution in [0.4, 0.5) is 0 Å². The molecule has 0 aliphatic carbocycles. The van der Waals surface area contributed by atoms with E-state index in [1.54, 1.807) is 0 Å². The minimum absolute atomic E-state index is 0.606. The Kier molecular flexibility index (Phi) is 8.26. The molecule has 0 radical (unpaired) electrons. The molecule has 0 unspecified atom stereocenters. The molecule has 0 spiro atoms. The lowest BCUT2D eigenvalue weighted by atomic mass is 9.94. The normalized spacial score (nSPS) is 11.3. The smallest absolute Gasteiger partial charge is 0.164 e. The van der Waals surface area contributed by atoms with Crippen LogP contribution in [0.1, 0.15) is 5.69 Å². The van der Waals surface area contributed by atoms with Crippen LogP contribution in [0.3, 0.4) is 0 Å². The van der Waals surface area contributed by atoms with E-state index in [0.717, 1.165) is 78.1 Å². The van der Waals surface area contributed by atoms with Crippen LogP contribution in [0, 0.1) is 6.92 Å². The van der Waals surface area contributed by atoms with E-state index in [4.69, 9.17) is 19.9 Å². The molecule has 0 N–H and O–H groups in total. The number of fused-ring (bicyclic) bond motifs is 3. The molecule has 4 aromatic heterocycles. The van der Waals surface area contributed by atoms with Gasteiger partial charge in [0.1, 0.15) is 5.82 Å². The number of hydrogen-bond donors (Lipinski definition) is 0. The first-order valence-electron chi connectivity index (χ1n) is 18.7. The fourth-order valence-electron chi connectivity index (χ4n) is 7.45. The van der Waals surface area contributed by atoms with Gasteiger partial charge in [-0.2, -0.15) is 0 Å². The lowest BCUT2D eigenvalue weighted by molar-refractivity contribution is 1.05. The summed E-state index contributed by atoms with van der Waals surface area (Å²) in [6.07, 6.45) is 1.83. The van der Waals surface area contributed by atoms with E-state index in [2.05, 4.69) is 107 Å². The summed E-state index contributed by atoms with van der Waals surface area (Å²) < 4.78 is 2.26. The topological polar surface area (TPSA) is 69.4 Å². The Morgan fingerprint density at radius 2 is 0.929 bits per heavy atom. The number of para-hydroxylation sites is 1. The third kappa shape index (κ3) is 6.19. The third-order valence-electron chi connectivity index (χ3n) is 10.2. The van der Waals surface area contributed by atoms with Gasteiger partial charge in [-0.15, -0.1) is 0 Å². The molecular weight excluding hydrogens is 685 g/mol. The maximum absolute atomic E-state index is 5.12. The molecule has 0 aliphatic rings. The maximum atomic E-state index is 5.12. The Morgan fingerprint density at radius 1 is 0.357 bits per heavy atom. The molecule has 0 saturated heterocycles. The van der Waals surface area contributed by atoms with Gasteiger partial charge in [-0.1, -0.05) is 121 Å². The standard InChI is InChI=1S/C50H34N6/c1-33-13-12-21-47(52-33)56-45-20-9-8-18-42(45)43-32-38(26-27-46(43)56)40-29-39(34-22-24-35(25-23-34)44-19-10-11-28-51-44)30-41(31-40)50-54-48(36-14-4-2-5-15-36)53-49(55-50)37-16-6-3-7-17-37/h2-32H,1H3. The van der Waals surface area contributed by atoms with Crippen LogP contribution in [0.15, 0.2) is 188 Å². The Labute approximate surface area is 324 Å². The summed E-state index contributed by atoms with van der Waals surface area (Å²) in [6, 6.07) is 62.9. The highest BCUT2D eigenvalue weighted by Crippen LogP contribution is 2.38. The van der Waals surface area contributed by atoms with Gasteiger partial charge in [0.15, 0.2) is 17.5 Å². The van der Waals surface area contributed by atoms with E-state index < -0.39 is 0 Å². The van der Waals surface area contributed by atoms with Gasteiger partial charge in [0.25, 0.3) is 0 Å². The van der Waals surface area contributed by atoms with E-state index in [9.17, 15) is 0 Å². The van der Waals surface area contributed by atoms with E-state index in [1.165, 1.54) is 5.39 Å². The van der Waals surface area contributed by atoms with Gasteiger partial charge in [-0.05, 0) is 89.8 Å². The number of aromatic nitrogens is 6. The highest BCUT2D eigenvalue weighted by Gasteiger charge is 2.17. The zero-order valence-electron chi connectivity index (χ0n) is 30.6. The molecule has 56 heavy (non-hydrogen) atoms. The molecular formula is C50H34N6. The predicted molar refractivity (Wildman–Crippen MR) is 227 cm³/mol. The van der Waals surface area contributed by atoms with Crippen LogP contribution in [0.25, 0.3) is 95.3 Å². The fourth-order valence-corrected chi connectivity index (χ4v) is 7.45. The van der Waals surface area contributed by atoms with Crippen molar-refractivity contribution in [1.29, 1.82) is 0 Å². The molecule has 0 saturated carbocycles. The summed E-state index contributed by atoms with van der Waals surface area (Å²) in [5.41, 5.74) is 12.2. The summed E-state index contributed by atoms with van der Waals surface area (Å²) in [6.45, 7) is 2.03. The number of pyridine rings is 2. The number of hydrogen-bond acceptors (Lipinski definition) is 5. The molecule has 0 bridgehead atoms. The lowest BCUT2D eigenvalue weighted by Gasteiger charge is -2.13. The summed E-state index contributed by atoms with van der Waals surface area (Å²) in [5.74, 6) is 2.76. The monoisotopic (exact) mass is 718 g/mol. The van der Waals surface area contributed by atoms with Crippen molar-refractivity contribution in [3.05, 3.63) is 194 Å². The molecule has 10 rings (SSSR count). The minimum atomic E-state index is 0.606. The van der Waals surface area contributed by atoms with Crippen LogP contribution in [-0.4, -0.2) is 29.5 Å². The van der Waals surface area contributed by atoms with Gasteiger partial charge in [0, 0.05) is 44.9 Å². The first-order valence-corrected chi connectivity index (χ1v) is 18.7. The third-order valence-corrected chi connectivity index (χ3v) is 10.2. The molecule has 0 aliphatic heterocycles. The average Bonchev–Trinajstić information content (AvgIpc) is 3.61. The van der Waals surface area contributed by atoms with Crippen molar-refractivity contribution in [2.24, 2.45) is 0 Å². The summed E-state index contributed by atoms with van der Waals surface area (Å²) in [5, 5.41) is 2.33. The molecule has 0 atom stereocenters. The lowest BCUT2D eigenvalue weighted by Crippen LogP contribution is -2.00. The SMILES string of the molecule is Cc1cccc(-n2c3ccccc3c3cc(-c4cc(-c5ccc(-c6ccccn6)cc5)cc(-c5nc(-c6ccccc6)nc(-c6ccccc6)n5)c4)ccc32)n1. The first kappa shape index (κ1) is 33.0. The highest BCUT2D eigenvalue weighted by molar-refractivity contribution is 6.10. The van der Waals surface area contributed by atoms with Crippen molar-refractivity contribution in [2.75, 3.05) is 0 Å². The van der Waals surface area contributed by atoms with E-state index in [1.807, 2.05) is 98.0 Å². The molecule has 10 aromatic rings. The largest absolute Gasteiger partial charge is 0.294 e. The minimum Gasteiger partial charge on any atom is -0.294 e. The summed E-state index contributed by atoms with van der Waals surface area (Å²) in [7, 11) is 0. The van der Waals surface area contributed by atoms with Crippen LogP contribution in [0.2, 0.25) is 0 Å². The van der Waals surface area contributed by atoms with Crippen LogP contribution in [-0.2, 0) is 0 Å². The van der Waals surface area contributed by atoms with Crippen molar-refractivity contribution in [3.63, 3.8) is 0 Å². The van der Waals surface area contributed by atoms with Crippen molar-refractivity contribution < 1.29 is 0 Å². The van der Waals surface area contributed by atoms with Gasteiger partial charge in [0.05, 0.1) is 16.7 Å². The van der Waals surface area contributed by atoms with Gasteiger partial charge >= 0.3 is 0 Å². The highest BCUT2D eigenvalue weighted by atomic mass is 15.1. The van der Waals surface area contributed by atoms with Gasteiger partial charge < -0.3 is 0 Å². The van der Waals surface area contributed by atoms with Crippen LogP contribution in [0.5, 0.6) is 0 Å². The zero-order chi connectivity index (χ0) is 37.4. The van der Waals surface area contributed by atoms with E-state index in [0.29, 0.717) is 17.5 Å². The quantitative estimate of drug-likeness (QED) is 0.164. The van der Waals surface area contributed by atoms with E-state index >= 15 is 0 Å². The fraction of sp³-hybridized carbons (Fsp3) is 0.0200. The number of aryl methyl sites for hydroxylation is 1. The van der Waals surface area contributed by atoms with Crippen molar-refractivity contribution in [3.8, 4) is 73.5 Å². The molecule has 0 amide bonds. The second-order valence-corrected chi connectivity index (χ2v) is 13.9. The second-order valence-electron chi connectivity index (χ2n) is 13.9. The van der Waals surface area contributed by atoms with Crippen molar-refractivity contribution in [2.45, 2.75) is 6.92 Å². The Morgan fingerprint density at radius 3 is 1.61 bits per heavy atom. The zero-order valence-corrected chi connectivity index (χ0v) is 30.6. The van der Waals surface area contributed by atoms with Gasteiger partial charge in [-0.25, -0.2) is 19.9 Å². The maximum Gasteiger partial charge on any atom is 0.164 e. The Hall–Kier alpha value is -7.57. The number of rotatable bonds is 7. The molecule has 6 nitrogen and oxygen atoms in total. The average molecular weight is 719 g/mol. The van der Waals surface area contributed by atoms with Gasteiger partial charge in [-0.3, -0.25) is 9.55 Å². The predicted octanol–water partition coefficient (Wildman–Crippen LogP) is 12.1. The Balaban J connectivity index is 1.18. The molecule has 6 aromatic carbocycles. The van der Waals surface area contributed by atoms with Crippen LogP contribution >= 0.6 is 0 Å². The molecule has 4 heterocycles. The molecule has 0 fully saturated rings. The van der Waals surface area contributed by atoms with Crippen molar-refractivity contribution in [1.82, 2.24) is 29.5 Å². The van der Waals surface area contributed by atoms with Crippen molar-refractivity contribution >= 4 is 21.8 Å². The van der Waals surface area contributed by atoms with Crippen LogP contribution < -0.4 is 0 Å². The molecule has 264 valence electrons. The Bertz CT molecular complexity index is 2950. The second kappa shape index (κ2) is 14.0. The van der Waals surface area contributed by atoms with E-state index in [-0.39, 0.29) is 0 Å².